The minimum Gasteiger partial charge on any atom is -0.491 e. The Morgan fingerprint density at radius 2 is 1.79 bits per heavy atom. The summed E-state index contributed by atoms with van der Waals surface area (Å²) in [4.78, 5) is 25.9. The molecule has 0 spiro atoms. The zero-order valence-corrected chi connectivity index (χ0v) is 16.3. The number of hydrogen-bond donors (Lipinski definition) is 1. The van der Waals surface area contributed by atoms with Crippen LogP contribution < -0.4 is 10.1 Å². The third kappa shape index (κ3) is 5.10. The van der Waals surface area contributed by atoms with Crippen molar-refractivity contribution in [2.45, 2.75) is 25.5 Å². The van der Waals surface area contributed by atoms with Crippen molar-refractivity contribution in [2.75, 3.05) is 27.3 Å². The molecule has 0 radical (unpaired) electrons. The quantitative estimate of drug-likeness (QED) is 0.800. The second kappa shape index (κ2) is 9.37. The maximum Gasteiger partial charge on any atom is 0.253 e. The van der Waals surface area contributed by atoms with Crippen LogP contribution in [0.25, 0.3) is 0 Å². The van der Waals surface area contributed by atoms with E-state index in [1.54, 1.807) is 43.3 Å². The standard InChI is InChI=1S/C22H26N2O4/c1-23-21(25)17-7-5-16(6-8-17)14-24(2)22(26)18-9-11-19(12-10-18)28-15-20-4-3-13-27-20/h5-12,20H,3-4,13-15H2,1-2H3,(H,23,25). The maximum absolute atomic E-state index is 12.6. The molecule has 1 saturated heterocycles. The van der Waals surface area contributed by atoms with Gasteiger partial charge in [0.05, 0.1) is 6.10 Å². The number of nitrogens with zero attached hydrogens (tertiary/aromatic N) is 1. The summed E-state index contributed by atoms with van der Waals surface area (Å²) in [7, 11) is 3.36. The first kappa shape index (κ1) is 19.9. The Balaban J connectivity index is 1.54. The fraction of sp³-hybridized carbons (Fsp3) is 0.364. The van der Waals surface area contributed by atoms with Crippen molar-refractivity contribution in [3.63, 3.8) is 0 Å². The molecule has 1 aliphatic heterocycles. The molecule has 2 aromatic rings. The highest BCUT2D eigenvalue weighted by atomic mass is 16.5. The van der Waals surface area contributed by atoms with Crippen LogP contribution in [0.2, 0.25) is 0 Å². The van der Waals surface area contributed by atoms with Crippen molar-refractivity contribution in [3.05, 3.63) is 65.2 Å². The van der Waals surface area contributed by atoms with Gasteiger partial charge < -0.3 is 19.7 Å². The number of hydrogen-bond acceptors (Lipinski definition) is 4. The molecular weight excluding hydrogens is 356 g/mol. The minimum absolute atomic E-state index is 0.0685. The first-order valence-electron chi connectivity index (χ1n) is 9.48. The molecule has 1 aliphatic rings. The summed E-state index contributed by atoms with van der Waals surface area (Å²) >= 11 is 0. The third-order valence-electron chi connectivity index (χ3n) is 4.77. The second-order valence-corrected chi connectivity index (χ2v) is 6.91. The van der Waals surface area contributed by atoms with Crippen molar-refractivity contribution >= 4 is 11.8 Å². The van der Waals surface area contributed by atoms with E-state index in [0.717, 1.165) is 30.8 Å². The van der Waals surface area contributed by atoms with Crippen LogP contribution in [-0.4, -0.2) is 50.1 Å². The number of ether oxygens (including phenoxy) is 2. The van der Waals surface area contributed by atoms with Gasteiger partial charge in [0.2, 0.25) is 0 Å². The van der Waals surface area contributed by atoms with Gasteiger partial charge in [-0.05, 0) is 54.8 Å². The molecule has 0 aliphatic carbocycles. The Hall–Kier alpha value is -2.86. The Bertz CT molecular complexity index is 796. The Morgan fingerprint density at radius 1 is 1.11 bits per heavy atom. The minimum atomic E-state index is -0.127. The summed E-state index contributed by atoms with van der Waals surface area (Å²) in [5, 5.41) is 2.59. The summed E-state index contributed by atoms with van der Waals surface area (Å²) < 4.78 is 11.3. The average molecular weight is 382 g/mol. The van der Waals surface area contributed by atoms with E-state index in [1.807, 2.05) is 24.3 Å². The van der Waals surface area contributed by atoms with Crippen LogP contribution in [0.3, 0.4) is 0 Å². The number of rotatable bonds is 7. The molecule has 2 amide bonds. The van der Waals surface area contributed by atoms with E-state index in [0.29, 0.717) is 24.3 Å². The topological polar surface area (TPSA) is 67.9 Å². The molecule has 148 valence electrons. The summed E-state index contributed by atoms with van der Waals surface area (Å²) in [6.45, 7) is 1.81. The number of benzene rings is 2. The van der Waals surface area contributed by atoms with Gasteiger partial charge in [-0.25, -0.2) is 0 Å². The monoisotopic (exact) mass is 382 g/mol. The molecule has 6 heteroatoms. The summed E-state index contributed by atoms with van der Waals surface area (Å²) in [5.41, 5.74) is 2.16. The SMILES string of the molecule is CNC(=O)c1ccc(CN(C)C(=O)c2ccc(OCC3CCCO3)cc2)cc1. The van der Waals surface area contributed by atoms with Crippen molar-refractivity contribution in [1.82, 2.24) is 10.2 Å². The summed E-state index contributed by atoms with van der Waals surface area (Å²) in [5.74, 6) is 0.540. The van der Waals surface area contributed by atoms with E-state index in [1.165, 1.54) is 0 Å². The molecular formula is C22H26N2O4. The Kier molecular flexibility index (Phi) is 6.66. The normalized spacial score (nSPS) is 15.9. The van der Waals surface area contributed by atoms with Crippen LogP contribution in [0.5, 0.6) is 5.75 Å². The van der Waals surface area contributed by atoms with Gasteiger partial charge in [0, 0.05) is 38.4 Å². The van der Waals surface area contributed by atoms with Gasteiger partial charge in [0.1, 0.15) is 12.4 Å². The number of carbonyl (C=O) groups excluding carboxylic acids is 2. The highest BCUT2D eigenvalue weighted by molar-refractivity contribution is 5.94. The van der Waals surface area contributed by atoms with Crippen molar-refractivity contribution in [1.29, 1.82) is 0 Å². The highest BCUT2D eigenvalue weighted by Gasteiger charge is 2.16. The molecule has 1 unspecified atom stereocenters. The molecule has 28 heavy (non-hydrogen) atoms. The van der Waals surface area contributed by atoms with Crippen molar-refractivity contribution in [2.24, 2.45) is 0 Å². The van der Waals surface area contributed by atoms with Gasteiger partial charge in [-0.1, -0.05) is 12.1 Å². The van der Waals surface area contributed by atoms with Crippen LogP contribution in [0.1, 0.15) is 39.1 Å². The zero-order chi connectivity index (χ0) is 19.9. The molecule has 0 bridgehead atoms. The van der Waals surface area contributed by atoms with Crippen LogP contribution in [-0.2, 0) is 11.3 Å². The van der Waals surface area contributed by atoms with Gasteiger partial charge in [-0.3, -0.25) is 9.59 Å². The number of amides is 2. The molecule has 0 saturated carbocycles. The fourth-order valence-electron chi connectivity index (χ4n) is 3.13. The predicted octanol–water partition coefficient (Wildman–Crippen LogP) is 2.88. The van der Waals surface area contributed by atoms with Crippen molar-refractivity contribution in [3.8, 4) is 5.75 Å². The van der Waals surface area contributed by atoms with E-state index in [4.69, 9.17) is 9.47 Å². The number of nitrogens with one attached hydrogen (secondary N) is 1. The van der Waals surface area contributed by atoms with Crippen molar-refractivity contribution < 1.29 is 19.1 Å². The fourth-order valence-corrected chi connectivity index (χ4v) is 3.13. The molecule has 1 fully saturated rings. The van der Waals surface area contributed by atoms with E-state index >= 15 is 0 Å². The maximum atomic E-state index is 12.6. The van der Waals surface area contributed by atoms with Crippen LogP contribution in [0.4, 0.5) is 0 Å². The molecule has 1 atom stereocenters. The molecule has 6 nitrogen and oxygen atoms in total. The van der Waals surface area contributed by atoms with Crippen LogP contribution >= 0.6 is 0 Å². The third-order valence-corrected chi connectivity index (χ3v) is 4.77. The van der Waals surface area contributed by atoms with Gasteiger partial charge in [0.25, 0.3) is 11.8 Å². The van der Waals surface area contributed by atoms with Gasteiger partial charge in [-0.15, -0.1) is 0 Å². The highest BCUT2D eigenvalue weighted by Crippen LogP contribution is 2.18. The largest absolute Gasteiger partial charge is 0.491 e. The molecule has 1 N–H and O–H groups in total. The lowest BCUT2D eigenvalue weighted by molar-refractivity contribution is 0.0679. The van der Waals surface area contributed by atoms with Gasteiger partial charge in [-0.2, -0.15) is 0 Å². The lowest BCUT2D eigenvalue weighted by Gasteiger charge is -2.18. The Labute approximate surface area is 165 Å². The van der Waals surface area contributed by atoms with Crippen LogP contribution in [0.15, 0.2) is 48.5 Å². The van der Waals surface area contributed by atoms with Crippen LogP contribution in [0, 0.1) is 0 Å². The molecule has 2 aromatic carbocycles. The predicted molar refractivity (Wildman–Crippen MR) is 107 cm³/mol. The summed E-state index contributed by atoms with van der Waals surface area (Å²) in [6.07, 6.45) is 2.29. The lowest BCUT2D eigenvalue weighted by Crippen LogP contribution is -2.26. The first-order chi connectivity index (χ1) is 13.6. The Morgan fingerprint density at radius 3 is 2.39 bits per heavy atom. The van der Waals surface area contributed by atoms with E-state index in [9.17, 15) is 9.59 Å². The summed E-state index contributed by atoms with van der Waals surface area (Å²) in [6, 6.07) is 14.4. The van der Waals surface area contributed by atoms with Gasteiger partial charge >= 0.3 is 0 Å². The smallest absolute Gasteiger partial charge is 0.253 e. The molecule has 1 heterocycles. The first-order valence-corrected chi connectivity index (χ1v) is 9.48. The molecule has 3 rings (SSSR count). The lowest BCUT2D eigenvalue weighted by atomic mass is 10.1. The second-order valence-electron chi connectivity index (χ2n) is 6.91. The average Bonchev–Trinajstić information content (AvgIpc) is 3.25. The van der Waals surface area contributed by atoms with E-state index in [2.05, 4.69) is 5.32 Å². The van der Waals surface area contributed by atoms with E-state index < -0.39 is 0 Å². The van der Waals surface area contributed by atoms with E-state index in [-0.39, 0.29) is 17.9 Å². The number of carbonyl (C=O) groups is 2. The molecule has 0 aromatic heterocycles. The zero-order valence-electron chi connectivity index (χ0n) is 16.3. The van der Waals surface area contributed by atoms with Gasteiger partial charge in [0.15, 0.2) is 0 Å².